The molecular formula is C13H21N3O. The molecule has 0 fully saturated rings. The Kier molecular flexibility index (Phi) is 5.10. The Hall–Kier alpha value is -1.42. The molecule has 0 radical (unpaired) electrons. The summed E-state index contributed by atoms with van der Waals surface area (Å²) in [5, 5.41) is 2.91. The SMILES string of the molecule is CCC(C)[C@H](N)C(=O)NC(C)c1cccnc1. The van der Waals surface area contributed by atoms with Crippen LogP contribution < -0.4 is 11.1 Å². The maximum atomic E-state index is 11.9. The number of aromatic nitrogens is 1. The van der Waals surface area contributed by atoms with E-state index in [0.717, 1.165) is 12.0 Å². The van der Waals surface area contributed by atoms with E-state index in [9.17, 15) is 4.79 Å². The van der Waals surface area contributed by atoms with Gasteiger partial charge in [-0.25, -0.2) is 0 Å². The molecule has 0 saturated carbocycles. The molecule has 1 amide bonds. The zero-order valence-corrected chi connectivity index (χ0v) is 10.7. The Labute approximate surface area is 103 Å². The number of hydrogen-bond acceptors (Lipinski definition) is 3. The lowest BCUT2D eigenvalue weighted by molar-refractivity contribution is -0.124. The molecule has 0 aliphatic rings. The molecule has 94 valence electrons. The number of nitrogens with two attached hydrogens (primary N) is 1. The lowest BCUT2D eigenvalue weighted by Crippen LogP contribution is -2.45. The third-order valence-electron chi connectivity index (χ3n) is 3.10. The number of rotatable bonds is 5. The minimum Gasteiger partial charge on any atom is -0.348 e. The summed E-state index contributed by atoms with van der Waals surface area (Å²) < 4.78 is 0. The Balaban J connectivity index is 2.57. The molecule has 4 nitrogen and oxygen atoms in total. The van der Waals surface area contributed by atoms with Crippen LogP contribution in [0.1, 0.15) is 38.8 Å². The van der Waals surface area contributed by atoms with Gasteiger partial charge in [-0.05, 0) is 24.5 Å². The Morgan fingerprint density at radius 1 is 1.53 bits per heavy atom. The van der Waals surface area contributed by atoms with Gasteiger partial charge >= 0.3 is 0 Å². The molecule has 4 heteroatoms. The van der Waals surface area contributed by atoms with Crippen LogP contribution in [0.4, 0.5) is 0 Å². The Morgan fingerprint density at radius 2 is 2.24 bits per heavy atom. The fourth-order valence-corrected chi connectivity index (χ4v) is 1.54. The van der Waals surface area contributed by atoms with Crippen LogP contribution >= 0.6 is 0 Å². The standard InChI is InChI=1S/C13H21N3O/c1-4-9(2)12(14)13(17)16-10(3)11-6-5-7-15-8-11/h5-10,12H,4,14H2,1-3H3,(H,16,17)/t9?,10?,12-/m0/s1. The van der Waals surface area contributed by atoms with E-state index in [0.29, 0.717) is 0 Å². The van der Waals surface area contributed by atoms with Crippen LogP contribution in [0.15, 0.2) is 24.5 Å². The molecule has 0 aliphatic heterocycles. The van der Waals surface area contributed by atoms with Gasteiger partial charge in [0.1, 0.15) is 0 Å². The van der Waals surface area contributed by atoms with E-state index in [-0.39, 0.29) is 17.9 Å². The summed E-state index contributed by atoms with van der Waals surface area (Å²) in [4.78, 5) is 15.9. The topological polar surface area (TPSA) is 68.0 Å². The predicted octanol–water partition coefficient (Wildman–Crippen LogP) is 1.63. The van der Waals surface area contributed by atoms with Gasteiger partial charge in [0.2, 0.25) is 5.91 Å². The summed E-state index contributed by atoms with van der Waals surface area (Å²) in [5.41, 5.74) is 6.85. The highest BCUT2D eigenvalue weighted by atomic mass is 16.2. The maximum Gasteiger partial charge on any atom is 0.237 e. The summed E-state index contributed by atoms with van der Waals surface area (Å²) in [6, 6.07) is 3.28. The van der Waals surface area contributed by atoms with E-state index in [1.807, 2.05) is 32.9 Å². The van der Waals surface area contributed by atoms with E-state index >= 15 is 0 Å². The zero-order chi connectivity index (χ0) is 12.8. The van der Waals surface area contributed by atoms with Gasteiger partial charge in [-0.1, -0.05) is 26.3 Å². The third kappa shape index (κ3) is 3.82. The first-order chi connectivity index (χ1) is 8.06. The number of carbonyl (C=O) groups is 1. The summed E-state index contributed by atoms with van der Waals surface area (Å²) in [5.74, 6) is 0.0896. The molecule has 17 heavy (non-hydrogen) atoms. The maximum absolute atomic E-state index is 11.9. The molecule has 0 saturated heterocycles. The van der Waals surface area contributed by atoms with Crippen molar-refractivity contribution in [3.63, 3.8) is 0 Å². The first-order valence-corrected chi connectivity index (χ1v) is 6.02. The molecule has 3 N–H and O–H groups in total. The second-order valence-electron chi connectivity index (χ2n) is 4.43. The molecule has 0 aliphatic carbocycles. The van der Waals surface area contributed by atoms with Gasteiger partial charge in [0.15, 0.2) is 0 Å². The fourth-order valence-electron chi connectivity index (χ4n) is 1.54. The highest BCUT2D eigenvalue weighted by molar-refractivity contribution is 5.82. The normalized spacial score (nSPS) is 16.0. The van der Waals surface area contributed by atoms with Crippen molar-refractivity contribution in [3.05, 3.63) is 30.1 Å². The molecule has 1 aromatic heterocycles. The lowest BCUT2D eigenvalue weighted by Gasteiger charge is -2.21. The highest BCUT2D eigenvalue weighted by Crippen LogP contribution is 2.11. The van der Waals surface area contributed by atoms with Gasteiger partial charge in [-0.15, -0.1) is 0 Å². The first kappa shape index (κ1) is 13.6. The summed E-state index contributed by atoms with van der Waals surface area (Å²) in [7, 11) is 0. The molecule has 0 bridgehead atoms. The number of amides is 1. The van der Waals surface area contributed by atoms with Crippen LogP contribution in [0.3, 0.4) is 0 Å². The van der Waals surface area contributed by atoms with Crippen LogP contribution in [0.25, 0.3) is 0 Å². The summed E-state index contributed by atoms with van der Waals surface area (Å²) in [6.07, 6.45) is 4.36. The summed E-state index contributed by atoms with van der Waals surface area (Å²) in [6.45, 7) is 5.94. The molecule has 1 aromatic rings. The van der Waals surface area contributed by atoms with Gasteiger partial charge in [-0.3, -0.25) is 9.78 Å². The number of carbonyl (C=O) groups excluding carboxylic acids is 1. The molecule has 1 heterocycles. The zero-order valence-electron chi connectivity index (χ0n) is 10.7. The van der Waals surface area contributed by atoms with Gasteiger partial charge in [0.25, 0.3) is 0 Å². The van der Waals surface area contributed by atoms with Crippen LogP contribution in [-0.4, -0.2) is 16.9 Å². The van der Waals surface area contributed by atoms with Gasteiger partial charge in [0.05, 0.1) is 12.1 Å². The van der Waals surface area contributed by atoms with Crippen LogP contribution in [0, 0.1) is 5.92 Å². The second-order valence-corrected chi connectivity index (χ2v) is 4.43. The summed E-state index contributed by atoms with van der Waals surface area (Å²) >= 11 is 0. The van der Waals surface area contributed by atoms with Crippen molar-refractivity contribution in [3.8, 4) is 0 Å². The number of nitrogens with zero attached hydrogens (tertiary/aromatic N) is 1. The molecule has 1 rings (SSSR count). The van der Waals surface area contributed by atoms with E-state index in [1.165, 1.54) is 0 Å². The fraction of sp³-hybridized carbons (Fsp3) is 0.538. The van der Waals surface area contributed by atoms with Crippen molar-refractivity contribution in [1.29, 1.82) is 0 Å². The average molecular weight is 235 g/mol. The van der Waals surface area contributed by atoms with Crippen molar-refractivity contribution in [2.24, 2.45) is 11.7 Å². The van der Waals surface area contributed by atoms with Crippen LogP contribution in [-0.2, 0) is 4.79 Å². The third-order valence-corrected chi connectivity index (χ3v) is 3.10. The number of hydrogen-bond donors (Lipinski definition) is 2. The van der Waals surface area contributed by atoms with Gasteiger partial charge < -0.3 is 11.1 Å². The van der Waals surface area contributed by atoms with E-state index in [4.69, 9.17) is 5.73 Å². The molecule has 0 spiro atoms. The smallest absolute Gasteiger partial charge is 0.237 e. The largest absolute Gasteiger partial charge is 0.348 e. The number of pyridine rings is 1. The molecule has 3 atom stereocenters. The Morgan fingerprint density at radius 3 is 2.76 bits per heavy atom. The minimum atomic E-state index is -0.445. The molecule has 2 unspecified atom stereocenters. The van der Waals surface area contributed by atoms with Crippen LogP contribution in [0.2, 0.25) is 0 Å². The predicted molar refractivity (Wildman–Crippen MR) is 68.2 cm³/mol. The molecular weight excluding hydrogens is 214 g/mol. The van der Waals surface area contributed by atoms with E-state index in [1.54, 1.807) is 12.4 Å². The van der Waals surface area contributed by atoms with Crippen molar-refractivity contribution in [2.75, 3.05) is 0 Å². The second kappa shape index (κ2) is 6.35. The first-order valence-electron chi connectivity index (χ1n) is 6.02. The lowest BCUT2D eigenvalue weighted by atomic mass is 9.99. The molecule has 0 aromatic carbocycles. The minimum absolute atomic E-state index is 0.0636. The van der Waals surface area contributed by atoms with Crippen molar-refractivity contribution in [2.45, 2.75) is 39.3 Å². The van der Waals surface area contributed by atoms with Gasteiger partial charge in [0, 0.05) is 12.4 Å². The average Bonchev–Trinajstić information content (AvgIpc) is 2.37. The van der Waals surface area contributed by atoms with Crippen molar-refractivity contribution in [1.82, 2.24) is 10.3 Å². The quantitative estimate of drug-likeness (QED) is 0.815. The van der Waals surface area contributed by atoms with Crippen molar-refractivity contribution < 1.29 is 4.79 Å². The van der Waals surface area contributed by atoms with Crippen molar-refractivity contribution >= 4 is 5.91 Å². The Bertz CT molecular complexity index is 353. The van der Waals surface area contributed by atoms with E-state index in [2.05, 4.69) is 10.3 Å². The van der Waals surface area contributed by atoms with Gasteiger partial charge in [-0.2, -0.15) is 0 Å². The van der Waals surface area contributed by atoms with Crippen LogP contribution in [0.5, 0.6) is 0 Å². The highest BCUT2D eigenvalue weighted by Gasteiger charge is 2.21. The van der Waals surface area contributed by atoms with E-state index < -0.39 is 6.04 Å². The monoisotopic (exact) mass is 235 g/mol. The number of nitrogens with one attached hydrogen (secondary N) is 1.